The van der Waals surface area contributed by atoms with Gasteiger partial charge in [0.15, 0.2) is 5.76 Å². The van der Waals surface area contributed by atoms with Crippen LogP contribution in [0.15, 0.2) is 22.8 Å². The van der Waals surface area contributed by atoms with E-state index >= 15 is 0 Å². The fourth-order valence-electron chi connectivity index (χ4n) is 3.21. The molecule has 0 spiro atoms. The van der Waals surface area contributed by atoms with Crippen molar-refractivity contribution in [1.82, 2.24) is 15.1 Å². The molecule has 2 unspecified atom stereocenters. The molecule has 2 atom stereocenters. The molecule has 1 aromatic heterocycles. The Labute approximate surface area is 140 Å². The molecule has 1 saturated heterocycles. The smallest absolute Gasteiger partial charge is 0.289 e. The highest BCUT2D eigenvalue weighted by Crippen LogP contribution is 2.41. The first-order valence-electron chi connectivity index (χ1n) is 8.55. The third-order valence-corrected chi connectivity index (χ3v) is 4.98. The molecular weight excluding hydrogens is 310 g/mol. The fourth-order valence-corrected chi connectivity index (χ4v) is 3.21. The second-order valence-electron chi connectivity index (χ2n) is 6.83. The predicted octanol–water partition coefficient (Wildman–Crippen LogP) is 0.479. The van der Waals surface area contributed by atoms with Gasteiger partial charge in [-0.1, -0.05) is 0 Å². The number of hydrogen-bond donors (Lipinski definition) is 1. The van der Waals surface area contributed by atoms with Crippen molar-refractivity contribution in [2.45, 2.75) is 25.3 Å². The van der Waals surface area contributed by atoms with E-state index in [1.54, 1.807) is 21.9 Å². The van der Waals surface area contributed by atoms with Gasteiger partial charge in [0.1, 0.15) is 0 Å². The highest BCUT2D eigenvalue weighted by Gasteiger charge is 2.50. The quantitative estimate of drug-likeness (QED) is 0.870. The van der Waals surface area contributed by atoms with Crippen molar-refractivity contribution in [1.29, 1.82) is 0 Å². The molecule has 0 aromatic carbocycles. The first-order valence-corrected chi connectivity index (χ1v) is 8.55. The number of nitrogens with zero attached hydrogens (tertiary/aromatic N) is 2. The minimum atomic E-state index is -0.170. The van der Waals surface area contributed by atoms with Crippen molar-refractivity contribution < 1.29 is 18.8 Å². The molecule has 1 aromatic rings. The zero-order valence-electron chi connectivity index (χ0n) is 13.4. The lowest BCUT2D eigenvalue weighted by atomic mass is 10.2. The van der Waals surface area contributed by atoms with Crippen LogP contribution in [0.25, 0.3) is 0 Å². The summed E-state index contributed by atoms with van der Waals surface area (Å²) in [6, 6.07) is 3.67. The van der Waals surface area contributed by atoms with Gasteiger partial charge in [0.2, 0.25) is 11.8 Å². The molecule has 4 rings (SSSR count). The van der Waals surface area contributed by atoms with Crippen molar-refractivity contribution in [3.05, 3.63) is 24.2 Å². The first-order chi connectivity index (χ1) is 11.6. The Morgan fingerprint density at radius 1 is 1.04 bits per heavy atom. The molecule has 1 aliphatic heterocycles. The van der Waals surface area contributed by atoms with Gasteiger partial charge in [-0.15, -0.1) is 0 Å². The van der Waals surface area contributed by atoms with Gasteiger partial charge in [0.05, 0.1) is 18.1 Å². The second-order valence-corrected chi connectivity index (χ2v) is 6.83. The Balaban J connectivity index is 1.26. The van der Waals surface area contributed by atoms with E-state index in [-0.39, 0.29) is 29.6 Å². The third kappa shape index (κ3) is 3.02. The minimum Gasteiger partial charge on any atom is -0.459 e. The predicted molar refractivity (Wildman–Crippen MR) is 84.0 cm³/mol. The van der Waals surface area contributed by atoms with E-state index in [2.05, 4.69) is 5.32 Å². The van der Waals surface area contributed by atoms with Gasteiger partial charge in [-0.05, 0) is 31.4 Å². The average molecular weight is 331 g/mol. The molecule has 7 nitrogen and oxygen atoms in total. The number of furan rings is 1. The van der Waals surface area contributed by atoms with Gasteiger partial charge in [0, 0.05) is 32.2 Å². The first kappa shape index (κ1) is 15.2. The molecule has 2 aliphatic carbocycles. The molecule has 2 heterocycles. The summed E-state index contributed by atoms with van der Waals surface area (Å²) >= 11 is 0. The summed E-state index contributed by atoms with van der Waals surface area (Å²) in [4.78, 5) is 40.2. The van der Waals surface area contributed by atoms with E-state index in [1.807, 2.05) is 0 Å². The van der Waals surface area contributed by atoms with E-state index in [0.717, 1.165) is 12.8 Å². The lowest BCUT2D eigenvalue weighted by molar-refractivity contribution is -0.136. The Morgan fingerprint density at radius 3 is 2.38 bits per heavy atom. The number of carbonyl (C=O) groups excluding carboxylic acids is 3. The number of carbonyl (C=O) groups is 3. The Hall–Kier alpha value is -2.31. The van der Waals surface area contributed by atoms with Crippen molar-refractivity contribution in [2.75, 3.05) is 26.2 Å². The van der Waals surface area contributed by atoms with Crippen LogP contribution in [0.4, 0.5) is 0 Å². The van der Waals surface area contributed by atoms with Crippen LogP contribution in [0.2, 0.25) is 0 Å². The summed E-state index contributed by atoms with van der Waals surface area (Å²) in [5.74, 6) is -0.0514. The standard InChI is InChI=1S/C17H21N3O4/c21-15(18-11-3-4-11)12-10-13(12)16(22)19-5-7-20(8-6-19)17(23)14-2-1-9-24-14/h1-2,9,11-13H,3-8,10H2,(H,18,21). The topological polar surface area (TPSA) is 82.9 Å². The van der Waals surface area contributed by atoms with Crippen LogP contribution in [0, 0.1) is 11.8 Å². The number of hydrogen-bond acceptors (Lipinski definition) is 4. The average Bonchev–Trinajstić information content (AvgIpc) is 3.52. The Kier molecular flexibility index (Phi) is 3.78. The normalized spacial score (nSPS) is 26.2. The molecule has 24 heavy (non-hydrogen) atoms. The van der Waals surface area contributed by atoms with Crippen molar-refractivity contribution in [2.24, 2.45) is 11.8 Å². The monoisotopic (exact) mass is 331 g/mol. The Bertz CT molecular complexity index is 645. The fraction of sp³-hybridized carbons (Fsp3) is 0.588. The zero-order chi connectivity index (χ0) is 16.7. The summed E-state index contributed by atoms with van der Waals surface area (Å²) < 4.78 is 5.13. The molecule has 0 bridgehead atoms. The van der Waals surface area contributed by atoms with Crippen LogP contribution in [0.1, 0.15) is 29.8 Å². The van der Waals surface area contributed by atoms with Crippen molar-refractivity contribution >= 4 is 17.7 Å². The highest BCUT2D eigenvalue weighted by molar-refractivity contribution is 5.93. The maximum atomic E-state index is 12.5. The zero-order valence-corrected chi connectivity index (χ0v) is 13.4. The van der Waals surface area contributed by atoms with E-state index in [1.165, 1.54) is 6.26 Å². The summed E-state index contributed by atoms with van der Waals surface area (Å²) in [6.07, 6.45) is 4.25. The van der Waals surface area contributed by atoms with Crippen LogP contribution < -0.4 is 5.32 Å². The molecule has 7 heteroatoms. The van der Waals surface area contributed by atoms with E-state index in [9.17, 15) is 14.4 Å². The lowest BCUT2D eigenvalue weighted by Crippen LogP contribution is -2.51. The number of piperazine rings is 1. The SMILES string of the molecule is O=C(NC1CC1)C1CC1C(=O)N1CCN(C(=O)c2ccco2)CC1. The summed E-state index contributed by atoms with van der Waals surface area (Å²) in [6.45, 7) is 2.02. The molecule has 2 saturated carbocycles. The molecule has 3 fully saturated rings. The van der Waals surface area contributed by atoms with Gasteiger partial charge >= 0.3 is 0 Å². The van der Waals surface area contributed by atoms with Crippen molar-refractivity contribution in [3.63, 3.8) is 0 Å². The van der Waals surface area contributed by atoms with Gasteiger partial charge in [-0.25, -0.2) is 0 Å². The van der Waals surface area contributed by atoms with E-state index < -0.39 is 0 Å². The van der Waals surface area contributed by atoms with Crippen LogP contribution in [0.5, 0.6) is 0 Å². The summed E-state index contributed by atoms with van der Waals surface area (Å²) in [5, 5.41) is 2.97. The summed E-state index contributed by atoms with van der Waals surface area (Å²) in [5.41, 5.74) is 0. The van der Waals surface area contributed by atoms with Gasteiger partial charge in [-0.2, -0.15) is 0 Å². The molecule has 3 amide bonds. The minimum absolute atomic E-state index is 0.0301. The maximum absolute atomic E-state index is 12.5. The van der Waals surface area contributed by atoms with Gasteiger partial charge < -0.3 is 19.5 Å². The molecule has 0 radical (unpaired) electrons. The number of rotatable bonds is 4. The van der Waals surface area contributed by atoms with Gasteiger partial charge in [0.25, 0.3) is 5.91 Å². The molecule has 1 N–H and O–H groups in total. The largest absolute Gasteiger partial charge is 0.459 e. The molecule has 128 valence electrons. The van der Waals surface area contributed by atoms with E-state index in [0.29, 0.717) is 44.4 Å². The van der Waals surface area contributed by atoms with E-state index in [4.69, 9.17) is 4.42 Å². The molecular formula is C17H21N3O4. The van der Waals surface area contributed by atoms with Crippen LogP contribution >= 0.6 is 0 Å². The van der Waals surface area contributed by atoms with Crippen LogP contribution in [0.3, 0.4) is 0 Å². The highest BCUT2D eigenvalue weighted by atomic mass is 16.3. The number of nitrogens with one attached hydrogen (secondary N) is 1. The second kappa shape index (κ2) is 5.96. The van der Waals surface area contributed by atoms with Crippen LogP contribution in [-0.2, 0) is 9.59 Å². The number of amides is 3. The van der Waals surface area contributed by atoms with Crippen molar-refractivity contribution in [3.8, 4) is 0 Å². The third-order valence-electron chi connectivity index (χ3n) is 4.98. The maximum Gasteiger partial charge on any atom is 0.289 e. The summed E-state index contributed by atoms with van der Waals surface area (Å²) in [7, 11) is 0. The molecule has 3 aliphatic rings. The van der Waals surface area contributed by atoms with Crippen LogP contribution in [-0.4, -0.2) is 59.7 Å². The lowest BCUT2D eigenvalue weighted by Gasteiger charge is -2.34. The van der Waals surface area contributed by atoms with Gasteiger partial charge in [-0.3, -0.25) is 14.4 Å². The Morgan fingerprint density at radius 2 is 1.75 bits per heavy atom.